The van der Waals surface area contributed by atoms with Crippen LogP contribution in [-0.2, 0) is 6.54 Å². The fraction of sp³-hybridized carbons (Fsp3) is 0.484. The second-order valence-corrected chi connectivity index (χ2v) is 10.5. The molecule has 2 aliphatic rings. The first kappa shape index (κ1) is 28.3. The first-order valence-electron chi connectivity index (χ1n) is 13.9. The van der Waals surface area contributed by atoms with E-state index in [1.54, 1.807) is 14.2 Å². The van der Waals surface area contributed by atoms with Crippen LogP contribution in [0, 0.1) is 13.8 Å². The van der Waals surface area contributed by atoms with E-state index < -0.39 is 0 Å². The maximum absolute atomic E-state index is 13.6. The molecule has 2 aromatic carbocycles. The summed E-state index contributed by atoms with van der Waals surface area (Å²) in [5, 5.41) is 3.11. The second kappa shape index (κ2) is 12.0. The van der Waals surface area contributed by atoms with E-state index >= 15 is 0 Å². The number of nitrogens with zero attached hydrogens (tertiary/aromatic N) is 3. The summed E-state index contributed by atoms with van der Waals surface area (Å²) in [4.78, 5) is 32.6. The predicted octanol–water partition coefficient (Wildman–Crippen LogP) is 6.28. The minimum absolute atomic E-state index is 0.00235. The summed E-state index contributed by atoms with van der Waals surface area (Å²) in [6.45, 7) is 12.5. The number of carbonyl (C=O) groups excluding carboxylic acids is 2. The molecule has 1 saturated heterocycles. The molecule has 1 N–H and O–H groups in total. The minimum atomic E-state index is -0.111. The number of allylic oxidation sites excluding steroid dienone is 1. The molecule has 2 aliphatic heterocycles. The lowest BCUT2D eigenvalue weighted by Crippen LogP contribution is -2.40. The van der Waals surface area contributed by atoms with Crippen molar-refractivity contribution in [1.82, 2.24) is 14.7 Å². The van der Waals surface area contributed by atoms with Gasteiger partial charge in [0.1, 0.15) is 11.5 Å². The van der Waals surface area contributed by atoms with E-state index in [0.29, 0.717) is 38.3 Å². The summed E-state index contributed by atoms with van der Waals surface area (Å²) < 4.78 is 11.2. The molecule has 0 saturated carbocycles. The Morgan fingerprint density at radius 2 is 1.87 bits per heavy atom. The third-order valence-corrected chi connectivity index (χ3v) is 7.80. The van der Waals surface area contributed by atoms with Crippen molar-refractivity contribution >= 4 is 17.7 Å². The van der Waals surface area contributed by atoms with Gasteiger partial charge in [0, 0.05) is 48.6 Å². The third kappa shape index (κ3) is 5.70. The number of rotatable bonds is 9. The Morgan fingerprint density at radius 1 is 1.10 bits per heavy atom. The normalized spacial score (nSPS) is 18.2. The summed E-state index contributed by atoms with van der Waals surface area (Å²) in [5.74, 6) is 1.53. The van der Waals surface area contributed by atoms with E-state index in [-0.39, 0.29) is 24.0 Å². The Morgan fingerprint density at radius 3 is 2.54 bits per heavy atom. The zero-order chi connectivity index (χ0) is 28.3. The van der Waals surface area contributed by atoms with E-state index in [9.17, 15) is 9.59 Å². The largest absolute Gasteiger partial charge is 0.497 e. The lowest BCUT2D eigenvalue weighted by molar-refractivity contribution is 0.182. The standard InChI is InChI=1S/C31H42N4O4/c1-8-13-33(30(36)32-25-15-20(3)10-11-21(25)4)14-12-26-27-16-22(5)29-23(17-24(38-6)18-28(29)39-7)19-35(27)31(37)34(26)9-2/h10-11,15-18,22,26H,8-9,12-14,19H2,1-7H3,(H,32,36)/t22-,26?/m0/s1. The molecule has 2 atom stereocenters. The van der Waals surface area contributed by atoms with Crippen LogP contribution < -0.4 is 14.8 Å². The maximum Gasteiger partial charge on any atom is 0.325 e. The van der Waals surface area contributed by atoms with Crippen LogP contribution in [0.5, 0.6) is 11.5 Å². The number of urea groups is 2. The Hall–Kier alpha value is -3.68. The monoisotopic (exact) mass is 534 g/mol. The van der Waals surface area contributed by atoms with Crippen molar-refractivity contribution in [2.75, 3.05) is 39.2 Å². The molecule has 0 aliphatic carbocycles. The lowest BCUT2D eigenvalue weighted by Gasteiger charge is -2.28. The van der Waals surface area contributed by atoms with Crippen molar-refractivity contribution in [2.24, 2.45) is 0 Å². The van der Waals surface area contributed by atoms with Gasteiger partial charge in [0.25, 0.3) is 0 Å². The molecule has 210 valence electrons. The van der Waals surface area contributed by atoms with Crippen molar-refractivity contribution in [3.63, 3.8) is 0 Å². The van der Waals surface area contributed by atoms with Crippen molar-refractivity contribution in [3.05, 3.63) is 64.4 Å². The molecule has 4 rings (SSSR count). The van der Waals surface area contributed by atoms with Crippen LogP contribution in [0.15, 0.2) is 42.1 Å². The van der Waals surface area contributed by atoms with Gasteiger partial charge in [-0.3, -0.25) is 4.90 Å². The van der Waals surface area contributed by atoms with Crippen LogP contribution in [0.1, 0.15) is 61.8 Å². The van der Waals surface area contributed by atoms with E-state index in [2.05, 4.69) is 25.2 Å². The van der Waals surface area contributed by atoms with Crippen LogP contribution >= 0.6 is 0 Å². The molecule has 2 heterocycles. The number of aryl methyl sites for hydroxylation is 2. The number of benzene rings is 2. The van der Waals surface area contributed by atoms with E-state index in [4.69, 9.17) is 9.47 Å². The van der Waals surface area contributed by atoms with E-state index in [1.165, 1.54) is 0 Å². The number of nitrogens with one attached hydrogen (secondary N) is 1. The summed E-state index contributed by atoms with van der Waals surface area (Å²) >= 11 is 0. The van der Waals surface area contributed by atoms with Crippen LogP contribution in [0.2, 0.25) is 0 Å². The van der Waals surface area contributed by atoms with Gasteiger partial charge in [-0.1, -0.05) is 32.1 Å². The number of anilines is 1. The summed E-state index contributed by atoms with van der Waals surface area (Å²) in [5.41, 5.74) is 6.07. The molecular weight excluding hydrogens is 492 g/mol. The third-order valence-electron chi connectivity index (χ3n) is 7.80. The van der Waals surface area contributed by atoms with Crippen molar-refractivity contribution in [2.45, 2.75) is 66.0 Å². The average Bonchev–Trinajstić information content (AvgIpc) is 3.06. The van der Waals surface area contributed by atoms with E-state index in [0.717, 1.165) is 45.8 Å². The van der Waals surface area contributed by atoms with Gasteiger partial charge in [0.15, 0.2) is 0 Å². The fourth-order valence-corrected chi connectivity index (χ4v) is 5.79. The van der Waals surface area contributed by atoms with Gasteiger partial charge in [-0.05, 0) is 62.4 Å². The molecule has 0 bridgehead atoms. The SMILES string of the molecule is CCCN(CCC1C2=C[C@H](C)c3c(cc(OC)cc3OC)CN2C(=O)N1CC)C(=O)Nc1cc(C)ccc1C. The van der Waals surface area contributed by atoms with Gasteiger partial charge in [-0.25, -0.2) is 9.59 Å². The molecule has 39 heavy (non-hydrogen) atoms. The quantitative estimate of drug-likeness (QED) is 0.411. The molecule has 1 fully saturated rings. The minimum Gasteiger partial charge on any atom is -0.497 e. The molecule has 0 spiro atoms. The summed E-state index contributed by atoms with van der Waals surface area (Å²) in [6, 6.07) is 9.75. The van der Waals surface area contributed by atoms with Gasteiger partial charge < -0.3 is 24.6 Å². The first-order chi connectivity index (χ1) is 18.7. The highest BCUT2D eigenvalue weighted by molar-refractivity contribution is 5.90. The van der Waals surface area contributed by atoms with Gasteiger partial charge in [0.2, 0.25) is 0 Å². The number of methoxy groups -OCH3 is 2. The molecule has 4 amide bonds. The Kier molecular flexibility index (Phi) is 8.73. The van der Waals surface area contributed by atoms with Crippen LogP contribution in [0.4, 0.5) is 15.3 Å². The molecular formula is C31H42N4O4. The topological polar surface area (TPSA) is 74.4 Å². The number of carbonyl (C=O) groups is 2. The molecule has 0 radical (unpaired) electrons. The molecule has 2 aromatic rings. The highest BCUT2D eigenvalue weighted by Gasteiger charge is 2.43. The van der Waals surface area contributed by atoms with Crippen molar-refractivity contribution in [1.29, 1.82) is 0 Å². The number of hydrogen-bond donors (Lipinski definition) is 1. The first-order valence-corrected chi connectivity index (χ1v) is 13.9. The average molecular weight is 535 g/mol. The van der Waals surface area contributed by atoms with Crippen LogP contribution in [0.25, 0.3) is 0 Å². The lowest BCUT2D eigenvalue weighted by atomic mass is 9.93. The number of ether oxygens (including phenoxy) is 2. The Balaban J connectivity index is 1.59. The number of hydrogen-bond acceptors (Lipinski definition) is 4. The van der Waals surface area contributed by atoms with Gasteiger partial charge >= 0.3 is 12.1 Å². The smallest absolute Gasteiger partial charge is 0.325 e. The predicted molar refractivity (Wildman–Crippen MR) is 155 cm³/mol. The second-order valence-electron chi connectivity index (χ2n) is 10.5. The molecule has 8 heteroatoms. The highest BCUT2D eigenvalue weighted by Crippen LogP contribution is 2.42. The van der Waals surface area contributed by atoms with Crippen molar-refractivity contribution < 1.29 is 19.1 Å². The Bertz CT molecular complexity index is 1260. The van der Waals surface area contributed by atoms with Gasteiger partial charge in [0.05, 0.1) is 26.8 Å². The van der Waals surface area contributed by atoms with Gasteiger partial charge in [-0.2, -0.15) is 0 Å². The molecule has 0 aromatic heterocycles. The van der Waals surface area contributed by atoms with Crippen LogP contribution in [-0.4, -0.2) is 66.7 Å². The van der Waals surface area contributed by atoms with Crippen LogP contribution in [0.3, 0.4) is 0 Å². The Labute approximate surface area is 232 Å². The molecule has 8 nitrogen and oxygen atoms in total. The summed E-state index contributed by atoms with van der Waals surface area (Å²) in [6.07, 6.45) is 3.70. The maximum atomic E-state index is 13.6. The van der Waals surface area contributed by atoms with Gasteiger partial charge in [-0.15, -0.1) is 0 Å². The number of amides is 4. The zero-order valence-corrected chi connectivity index (χ0v) is 24.3. The van der Waals surface area contributed by atoms with Crippen molar-refractivity contribution in [3.8, 4) is 11.5 Å². The zero-order valence-electron chi connectivity index (χ0n) is 24.3. The summed E-state index contributed by atoms with van der Waals surface area (Å²) in [7, 11) is 3.30. The highest BCUT2D eigenvalue weighted by atomic mass is 16.5. The number of likely N-dealkylation sites (N-methyl/N-ethyl adjacent to an activating group) is 1. The molecule has 1 unspecified atom stereocenters. The fourth-order valence-electron chi connectivity index (χ4n) is 5.79. The van der Waals surface area contributed by atoms with E-state index in [1.807, 2.05) is 65.8 Å². The number of fused-ring (bicyclic) bond motifs is 2.